The number of hydrogen-bond acceptors (Lipinski definition) is 5. The van der Waals surface area contributed by atoms with Crippen LogP contribution in [-0.2, 0) is 9.31 Å². The molecule has 23 heavy (non-hydrogen) atoms. The summed E-state index contributed by atoms with van der Waals surface area (Å²) in [5.41, 5.74) is 1.16. The molecule has 1 aromatic heterocycles. The molecule has 0 radical (unpaired) electrons. The zero-order valence-electron chi connectivity index (χ0n) is 14.2. The van der Waals surface area contributed by atoms with Crippen LogP contribution in [0.1, 0.15) is 27.7 Å². The zero-order valence-corrected chi connectivity index (χ0v) is 14.2. The van der Waals surface area contributed by atoms with Gasteiger partial charge in [-0.2, -0.15) is 0 Å². The first-order chi connectivity index (χ1) is 10.8. The highest BCUT2D eigenvalue weighted by molar-refractivity contribution is 6.62. The normalized spacial score (nSPS) is 18.9. The van der Waals surface area contributed by atoms with Gasteiger partial charge in [-0.15, -0.1) is 0 Å². The Bertz CT molecular complexity index is 685. The van der Waals surface area contributed by atoms with Crippen molar-refractivity contribution in [2.24, 2.45) is 0 Å². The van der Waals surface area contributed by atoms with Gasteiger partial charge in [-0.1, -0.05) is 24.3 Å². The van der Waals surface area contributed by atoms with E-state index in [1.807, 2.05) is 52.0 Å². The van der Waals surface area contributed by atoms with Gasteiger partial charge in [0.05, 0.1) is 30.7 Å². The number of aromatic nitrogens is 2. The molecule has 0 bridgehead atoms. The highest BCUT2D eigenvalue weighted by Crippen LogP contribution is 2.36. The summed E-state index contributed by atoms with van der Waals surface area (Å²) in [6.45, 7) is 8.18. The van der Waals surface area contributed by atoms with E-state index in [-0.39, 0.29) is 11.2 Å². The van der Waals surface area contributed by atoms with Gasteiger partial charge in [0.15, 0.2) is 11.6 Å². The molecular weight excluding hydrogens is 291 g/mol. The van der Waals surface area contributed by atoms with Gasteiger partial charge in [-0.3, -0.25) is 0 Å². The molecule has 0 unspecified atom stereocenters. The van der Waals surface area contributed by atoms with Crippen molar-refractivity contribution < 1.29 is 14.0 Å². The van der Waals surface area contributed by atoms with E-state index in [0.29, 0.717) is 11.6 Å². The molecule has 1 aromatic carbocycles. The van der Waals surface area contributed by atoms with Crippen LogP contribution in [0.25, 0.3) is 11.4 Å². The fourth-order valence-corrected chi connectivity index (χ4v) is 2.37. The second-order valence-corrected chi connectivity index (χ2v) is 6.66. The van der Waals surface area contributed by atoms with E-state index < -0.39 is 7.12 Å². The predicted octanol–water partition coefficient (Wildman–Crippen LogP) is 2.45. The molecule has 1 saturated heterocycles. The number of hydrogen-bond donors (Lipinski definition) is 0. The van der Waals surface area contributed by atoms with Crippen molar-refractivity contribution in [1.82, 2.24) is 9.97 Å². The maximum atomic E-state index is 6.09. The summed E-state index contributed by atoms with van der Waals surface area (Å²) >= 11 is 0. The molecule has 3 rings (SSSR count). The Morgan fingerprint density at radius 3 is 2.17 bits per heavy atom. The lowest BCUT2D eigenvalue weighted by Gasteiger charge is -2.32. The first-order valence-electron chi connectivity index (χ1n) is 7.64. The Labute approximate surface area is 137 Å². The highest BCUT2D eigenvalue weighted by atomic mass is 16.7. The lowest BCUT2D eigenvalue weighted by molar-refractivity contribution is 0.00578. The van der Waals surface area contributed by atoms with E-state index in [9.17, 15) is 0 Å². The maximum absolute atomic E-state index is 6.09. The van der Waals surface area contributed by atoms with E-state index >= 15 is 0 Å². The maximum Gasteiger partial charge on any atom is 0.494 e. The van der Waals surface area contributed by atoms with Crippen molar-refractivity contribution in [3.8, 4) is 17.1 Å². The first-order valence-corrected chi connectivity index (χ1v) is 7.64. The molecule has 0 N–H and O–H groups in total. The molecule has 0 atom stereocenters. The van der Waals surface area contributed by atoms with Gasteiger partial charge in [0.2, 0.25) is 0 Å². The van der Waals surface area contributed by atoms with Crippen LogP contribution < -0.4 is 10.2 Å². The summed E-state index contributed by atoms with van der Waals surface area (Å²) < 4.78 is 17.3. The van der Waals surface area contributed by atoms with Gasteiger partial charge < -0.3 is 14.0 Å². The zero-order chi connectivity index (χ0) is 16.7. The minimum absolute atomic E-state index is 0.357. The molecule has 0 amide bonds. The summed E-state index contributed by atoms with van der Waals surface area (Å²) in [7, 11) is 1.20. The fourth-order valence-electron chi connectivity index (χ4n) is 2.37. The number of nitrogens with zero attached hydrogens (tertiary/aromatic N) is 2. The van der Waals surface area contributed by atoms with Crippen LogP contribution in [0.5, 0.6) is 5.75 Å². The molecule has 2 heterocycles. The molecule has 120 valence electrons. The average molecular weight is 312 g/mol. The first kappa shape index (κ1) is 16.0. The van der Waals surface area contributed by atoms with Crippen LogP contribution in [0.15, 0.2) is 36.7 Å². The van der Waals surface area contributed by atoms with Crippen LogP contribution in [0.2, 0.25) is 0 Å². The van der Waals surface area contributed by atoms with Crippen LogP contribution in [0.3, 0.4) is 0 Å². The van der Waals surface area contributed by atoms with Gasteiger partial charge >= 0.3 is 7.12 Å². The van der Waals surface area contributed by atoms with Crippen LogP contribution in [0, 0.1) is 0 Å². The molecule has 0 spiro atoms. The topological polar surface area (TPSA) is 53.5 Å². The molecule has 1 fully saturated rings. The van der Waals surface area contributed by atoms with Crippen LogP contribution in [0.4, 0.5) is 0 Å². The number of benzene rings is 1. The largest absolute Gasteiger partial charge is 0.494 e. The number of methoxy groups -OCH3 is 1. The van der Waals surface area contributed by atoms with E-state index in [4.69, 9.17) is 14.0 Å². The number of ether oxygens (including phenoxy) is 1. The van der Waals surface area contributed by atoms with Crippen molar-refractivity contribution in [3.63, 3.8) is 0 Å². The van der Waals surface area contributed by atoms with E-state index in [1.54, 1.807) is 19.5 Å². The van der Waals surface area contributed by atoms with Gasteiger partial charge in [-0.05, 0) is 33.2 Å². The highest BCUT2D eigenvalue weighted by Gasteiger charge is 2.51. The van der Waals surface area contributed by atoms with Gasteiger partial charge in [0, 0.05) is 5.56 Å². The molecule has 5 nitrogen and oxygen atoms in total. The lowest BCUT2D eigenvalue weighted by Crippen LogP contribution is -2.41. The average Bonchev–Trinajstić information content (AvgIpc) is 2.76. The van der Waals surface area contributed by atoms with Crippen molar-refractivity contribution in [2.75, 3.05) is 7.11 Å². The van der Waals surface area contributed by atoms with E-state index in [0.717, 1.165) is 11.0 Å². The summed E-state index contributed by atoms with van der Waals surface area (Å²) in [6.07, 6.45) is 3.31. The van der Waals surface area contributed by atoms with Crippen molar-refractivity contribution >= 4 is 12.6 Å². The Kier molecular flexibility index (Phi) is 3.90. The molecule has 2 aromatic rings. The Balaban J connectivity index is 1.88. The third-order valence-corrected chi connectivity index (χ3v) is 4.53. The third-order valence-electron chi connectivity index (χ3n) is 4.53. The smallest absolute Gasteiger partial charge is 0.494 e. The Morgan fingerprint density at radius 2 is 1.61 bits per heavy atom. The predicted molar refractivity (Wildman–Crippen MR) is 89.7 cm³/mol. The summed E-state index contributed by atoms with van der Waals surface area (Å²) in [6, 6.07) is 7.93. The van der Waals surface area contributed by atoms with Gasteiger partial charge in [0.25, 0.3) is 0 Å². The molecule has 1 aliphatic heterocycles. The SMILES string of the molecule is COc1cnc(-c2cccc(B3OC(C)(C)C(C)(C)O3)c2)nc1. The van der Waals surface area contributed by atoms with Gasteiger partial charge in [-0.25, -0.2) is 9.97 Å². The second kappa shape index (κ2) is 5.62. The quantitative estimate of drug-likeness (QED) is 0.815. The summed E-state index contributed by atoms with van der Waals surface area (Å²) in [5.74, 6) is 1.28. The van der Waals surface area contributed by atoms with E-state index in [2.05, 4.69) is 9.97 Å². The minimum Gasteiger partial charge on any atom is -0.494 e. The molecule has 1 aliphatic rings. The fraction of sp³-hybridized carbons (Fsp3) is 0.412. The van der Waals surface area contributed by atoms with Crippen molar-refractivity contribution in [1.29, 1.82) is 0 Å². The molecule has 0 aliphatic carbocycles. The van der Waals surface area contributed by atoms with Crippen molar-refractivity contribution in [2.45, 2.75) is 38.9 Å². The Morgan fingerprint density at radius 1 is 1.00 bits per heavy atom. The lowest BCUT2D eigenvalue weighted by atomic mass is 9.78. The monoisotopic (exact) mass is 312 g/mol. The minimum atomic E-state index is -0.391. The third kappa shape index (κ3) is 2.96. The van der Waals surface area contributed by atoms with E-state index in [1.165, 1.54) is 0 Å². The summed E-state index contributed by atoms with van der Waals surface area (Å²) in [5, 5.41) is 0. The second-order valence-electron chi connectivity index (χ2n) is 6.66. The number of rotatable bonds is 3. The standard InChI is InChI=1S/C17H21BN2O3/c1-16(2)17(3,4)23-18(22-16)13-8-6-7-12(9-13)15-19-10-14(21-5)11-20-15/h6-11H,1-5H3. The van der Waals surface area contributed by atoms with Crippen molar-refractivity contribution in [3.05, 3.63) is 36.7 Å². The molecular formula is C17H21BN2O3. The summed E-state index contributed by atoms with van der Waals surface area (Å²) in [4.78, 5) is 8.65. The molecule has 6 heteroatoms. The Hall–Kier alpha value is -1.92. The molecule has 0 saturated carbocycles. The van der Waals surface area contributed by atoms with Crippen LogP contribution >= 0.6 is 0 Å². The van der Waals surface area contributed by atoms with Crippen LogP contribution in [-0.4, -0.2) is 35.4 Å². The van der Waals surface area contributed by atoms with Gasteiger partial charge in [0.1, 0.15) is 0 Å².